The maximum atomic E-state index is 9.91. The molecule has 1 aliphatic heterocycles. The molecular formula is C13H20N2O2. The van der Waals surface area contributed by atoms with E-state index in [1.165, 1.54) is 0 Å². The minimum Gasteiger partial charge on any atom is -0.508 e. The average molecular weight is 236 g/mol. The van der Waals surface area contributed by atoms with Crippen molar-refractivity contribution < 1.29 is 10.2 Å². The van der Waals surface area contributed by atoms with Gasteiger partial charge in [-0.05, 0) is 13.0 Å². The van der Waals surface area contributed by atoms with E-state index in [1.54, 1.807) is 6.07 Å². The summed E-state index contributed by atoms with van der Waals surface area (Å²) in [5.41, 5.74) is 1.93. The first-order valence-electron chi connectivity index (χ1n) is 6.07. The maximum absolute atomic E-state index is 9.91. The van der Waals surface area contributed by atoms with E-state index >= 15 is 0 Å². The molecule has 0 bridgehead atoms. The third kappa shape index (κ3) is 2.77. The molecule has 1 fully saturated rings. The number of phenolic OH excluding ortho intramolecular Hbond substituents is 1. The Bertz CT molecular complexity index is 376. The van der Waals surface area contributed by atoms with Crippen molar-refractivity contribution >= 4 is 0 Å². The second kappa shape index (κ2) is 5.49. The Kier molecular flexibility index (Phi) is 3.99. The monoisotopic (exact) mass is 236 g/mol. The predicted molar refractivity (Wildman–Crippen MR) is 67.1 cm³/mol. The van der Waals surface area contributed by atoms with Crippen molar-refractivity contribution in [2.75, 3.05) is 32.8 Å². The number of rotatable bonds is 3. The Hall–Kier alpha value is -1.10. The van der Waals surface area contributed by atoms with Gasteiger partial charge in [0.1, 0.15) is 5.75 Å². The zero-order valence-electron chi connectivity index (χ0n) is 10.2. The predicted octanol–water partition coefficient (Wildman–Crippen LogP) is 0.639. The average Bonchev–Trinajstić information content (AvgIpc) is 2.36. The third-order valence-corrected chi connectivity index (χ3v) is 3.31. The zero-order chi connectivity index (χ0) is 12.3. The van der Waals surface area contributed by atoms with Crippen LogP contribution < -0.4 is 5.32 Å². The number of nitrogens with zero attached hydrogens (tertiary/aromatic N) is 1. The molecule has 4 nitrogen and oxygen atoms in total. The number of aliphatic hydroxyl groups excluding tert-OH is 1. The molecule has 0 unspecified atom stereocenters. The van der Waals surface area contributed by atoms with Crippen LogP contribution in [0, 0.1) is 6.92 Å². The molecule has 4 heteroatoms. The minimum absolute atomic E-state index is 0.0387. The number of piperazine rings is 1. The Balaban J connectivity index is 2.24. The van der Waals surface area contributed by atoms with E-state index in [1.807, 2.05) is 19.1 Å². The zero-order valence-corrected chi connectivity index (χ0v) is 10.2. The largest absolute Gasteiger partial charge is 0.508 e. The highest BCUT2D eigenvalue weighted by Crippen LogP contribution is 2.29. The molecule has 0 spiro atoms. The lowest BCUT2D eigenvalue weighted by Gasteiger charge is -2.34. The fourth-order valence-electron chi connectivity index (χ4n) is 2.35. The molecule has 1 saturated heterocycles. The summed E-state index contributed by atoms with van der Waals surface area (Å²) in [4.78, 5) is 2.21. The van der Waals surface area contributed by atoms with E-state index < -0.39 is 0 Å². The Morgan fingerprint density at radius 2 is 2.06 bits per heavy atom. The van der Waals surface area contributed by atoms with Crippen molar-refractivity contribution in [1.82, 2.24) is 10.2 Å². The van der Waals surface area contributed by atoms with Crippen molar-refractivity contribution in [3.63, 3.8) is 0 Å². The van der Waals surface area contributed by atoms with Crippen LogP contribution in [0.3, 0.4) is 0 Å². The van der Waals surface area contributed by atoms with Gasteiger partial charge in [-0.15, -0.1) is 0 Å². The lowest BCUT2D eigenvalue weighted by atomic mass is 10.0. The molecule has 0 radical (unpaired) electrons. The molecular weight excluding hydrogens is 216 g/mol. The highest BCUT2D eigenvalue weighted by atomic mass is 16.3. The topological polar surface area (TPSA) is 55.7 Å². The fourth-order valence-corrected chi connectivity index (χ4v) is 2.35. The first-order chi connectivity index (χ1) is 8.22. The highest BCUT2D eigenvalue weighted by molar-refractivity contribution is 5.38. The first kappa shape index (κ1) is 12.4. The van der Waals surface area contributed by atoms with Gasteiger partial charge < -0.3 is 15.5 Å². The van der Waals surface area contributed by atoms with Gasteiger partial charge in [-0.3, -0.25) is 4.90 Å². The number of phenols is 1. The van der Waals surface area contributed by atoms with Crippen molar-refractivity contribution in [3.05, 3.63) is 29.3 Å². The lowest BCUT2D eigenvalue weighted by Crippen LogP contribution is -2.46. The molecule has 94 valence electrons. The summed E-state index contributed by atoms with van der Waals surface area (Å²) >= 11 is 0. The number of nitrogens with one attached hydrogen (secondary N) is 1. The van der Waals surface area contributed by atoms with Gasteiger partial charge in [-0.25, -0.2) is 0 Å². The van der Waals surface area contributed by atoms with Crippen LogP contribution in [0.4, 0.5) is 0 Å². The smallest absolute Gasteiger partial charge is 0.120 e. The van der Waals surface area contributed by atoms with Crippen molar-refractivity contribution in [2.24, 2.45) is 0 Å². The molecule has 17 heavy (non-hydrogen) atoms. The third-order valence-electron chi connectivity index (χ3n) is 3.31. The molecule has 1 aromatic rings. The van der Waals surface area contributed by atoms with Gasteiger partial charge in [-0.1, -0.05) is 17.7 Å². The van der Waals surface area contributed by atoms with Gasteiger partial charge in [0.05, 0.1) is 12.6 Å². The molecule has 1 aliphatic rings. The van der Waals surface area contributed by atoms with Gasteiger partial charge in [0.2, 0.25) is 0 Å². The number of hydrogen-bond donors (Lipinski definition) is 3. The Labute approximate surface area is 102 Å². The maximum Gasteiger partial charge on any atom is 0.120 e. The summed E-state index contributed by atoms with van der Waals surface area (Å²) < 4.78 is 0. The van der Waals surface area contributed by atoms with Gasteiger partial charge >= 0.3 is 0 Å². The van der Waals surface area contributed by atoms with E-state index in [2.05, 4.69) is 10.2 Å². The number of aromatic hydroxyl groups is 1. The highest BCUT2D eigenvalue weighted by Gasteiger charge is 2.23. The van der Waals surface area contributed by atoms with Crippen LogP contribution in [0.1, 0.15) is 17.2 Å². The number of benzene rings is 1. The molecule has 3 N–H and O–H groups in total. The minimum atomic E-state index is -0.100. The number of hydrogen-bond acceptors (Lipinski definition) is 4. The summed E-state index contributed by atoms with van der Waals surface area (Å²) in [5.74, 6) is 0.271. The fraction of sp³-hybridized carbons (Fsp3) is 0.538. The number of aliphatic hydroxyl groups is 1. The lowest BCUT2D eigenvalue weighted by molar-refractivity contribution is 0.109. The second-order valence-corrected chi connectivity index (χ2v) is 4.55. The van der Waals surface area contributed by atoms with Crippen LogP contribution in [0.15, 0.2) is 18.2 Å². The molecule has 0 aromatic heterocycles. The van der Waals surface area contributed by atoms with E-state index in [4.69, 9.17) is 0 Å². The van der Waals surface area contributed by atoms with E-state index in [0.29, 0.717) is 0 Å². The molecule has 1 heterocycles. The van der Waals surface area contributed by atoms with E-state index in [9.17, 15) is 10.2 Å². The van der Waals surface area contributed by atoms with Crippen LogP contribution in [-0.2, 0) is 0 Å². The second-order valence-electron chi connectivity index (χ2n) is 4.55. The first-order valence-corrected chi connectivity index (χ1v) is 6.07. The standard InChI is InChI=1S/C13H20N2O2/c1-10-2-3-13(17)11(8-10)12(9-16)15-6-4-14-5-7-15/h2-3,8,12,14,16-17H,4-7,9H2,1H3/t12-/m1/s1. The molecule has 0 aliphatic carbocycles. The summed E-state index contributed by atoms with van der Waals surface area (Å²) in [6.45, 7) is 5.70. The molecule has 1 aromatic carbocycles. The van der Waals surface area contributed by atoms with Gasteiger partial charge in [0.25, 0.3) is 0 Å². The van der Waals surface area contributed by atoms with Gasteiger partial charge in [-0.2, -0.15) is 0 Å². The van der Waals surface area contributed by atoms with Crippen molar-refractivity contribution in [1.29, 1.82) is 0 Å². The summed E-state index contributed by atoms with van der Waals surface area (Å²) in [6, 6.07) is 5.44. The SMILES string of the molecule is Cc1ccc(O)c([C@@H](CO)N2CCNCC2)c1. The van der Waals surface area contributed by atoms with Crippen LogP contribution in [0.25, 0.3) is 0 Å². The summed E-state index contributed by atoms with van der Waals surface area (Å²) in [7, 11) is 0. The molecule has 0 amide bonds. The number of aryl methyl sites for hydroxylation is 1. The Morgan fingerprint density at radius 1 is 1.35 bits per heavy atom. The summed E-state index contributed by atoms with van der Waals surface area (Å²) in [5, 5.41) is 22.8. The normalized spacial score (nSPS) is 19.2. The van der Waals surface area contributed by atoms with Crippen LogP contribution >= 0.6 is 0 Å². The molecule has 2 rings (SSSR count). The van der Waals surface area contributed by atoms with Gasteiger partial charge in [0, 0.05) is 31.7 Å². The quantitative estimate of drug-likeness (QED) is 0.721. The molecule has 1 atom stereocenters. The van der Waals surface area contributed by atoms with Crippen molar-refractivity contribution in [3.8, 4) is 5.75 Å². The van der Waals surface area contributed by atoms with E-state index in [-0.39, 0.29) is 18.4 Å². The Morgan fingerprint density at radius 3 is 2.71 bits per heavy atom. The van der Waals surface area contributed by atoms with Crippen molar-refractivity contribution in [2.45, 2.75) is 13.0 Å². The van der Waals surface area contributed by atoms with Gasteiger partial charge in [0.15, 0.2) is 0 Å². The van der Waals surface area contributed by atoms with E-state index in [0.717, 1.165) is 37.3 Å². The van der Waals surface area contributed by atoms with Crippen LogP contribution in [0.2, 0.25) is 0 Å². The van der Waals surface area contributed by atoms with Crippen LogP contribution in [-0.4, -0.2) is 47.9 Å². The molecule has 0 saturated carbocycles. The van der Waals surface area contributed by atoms with Crippen LogP contribution in [0.5, 0.6) is 5.75 Å². The summed E-state index contributed by atoms with van der Waals surface area (Å²) in [6.07, 6.45) is 0.